The molecule has 0 aliphatic heterocycles. The number of hydrogen-bond donors (Lipinski definition) is 2. The maximum Gasteiger partial charge on any atom is 0.123 e. The Morgan fingerprint density at radius 1 is 1.05 bits per heavy atom. The van der Waals surface area contributed by atoms with Crippen molar-refractivity contribution in [1.29, 1.82) is 0 Å². The quantitative estimate of drug-likeness (QED) is 0.815. The Bertz CT molecular complexity index is 727. The van der Waals surface area contributed by atoms with Gasteiger partial charge in [-0.2, -0.15) is 0 Å². The Labute approximate surface area is 119 Å². The van der Waals surface area contributed by atoms with Gasteiger partial charge in [0.1, 0.15) is 11.5 Å². The van der Waals surface area contributed by atoms with Crippen LogP contribution < -0.4 is 0 Å². The first-order valence-electron chi connectivity index (χ1n) is 6.84. The van der Waals surface area contributed by atoms with Crippen LogP contribution in [-0.2, 0) is 12.8 Å². The van der Waals surface area contributed by atoms with E-state index < -0.39 is 0 Å². The van der Waals surface area contributed by atoms with E-state index in [0.29, 0.717) is 11.5 Å². The molecular formula is C18H18O2. The Balaban J connectivity index is 2.38. The van der Waals surface area contributed by atoms with Gasteiger partial charge in [0, 0.05) is 5.56 Å². The summed E-state index contributed by atoms with van der Waals surface area (Å²) in [4.78, 5) is 0. The average Bonchev–Trinajstić information content (AvgIpc) is 2.42. The zero-order valence-corrected chi connectivity index (χ0v) is 11.8. The van der Waals surface area contributed by atoms with Gasteiger partial charge in [-0.3, -0.25) is 0 Å². The van der Waals surface area contributed by atoms with E-state index in [1.807, 2.05) is 26.0 Å². The molecule has 1 aliphatic rings. The van der Waals surface area contributed by atoms with Crippen LogP contribution in [0.15, 0.2) is 24.8 Å². The van der Waals surface area contributed by atoms with E-state index in [4.69, 9.17) is 0 Å². The van der Waals surface area contributed by atoms with Gasteiger partial charge in [-0.15, -0.1) is 0 Å². The SMILES string of the molecule is C=Cc1c(C)cc(O)c2c1CCc1c-2ccc(O)c1C. The van der Waals surface area contributed by atoms with E-state index in [2.05, 4.69) is 6.58 Å². The lowest BCUT2D eigenvalue weighted by molar-refractivity contribution is 0.468. The molecule has 0 amide bonds. The first kappa shape index (κ1) is 12.8. The van der Waals surface area contributed by atoms with E-state index in [1.165, 1.54) is 0 Å². The Hall–Kier alpha value is -2.22. The number of aryl methyl sites for hydroxylation is 1. The van der Waals surface area contributed by atoms with Crippen LogP contribution in [0.4, 0.5) is 0 Å². The van der Waals surface area contributed by atoms with E-state index in [0.717, 1.165) is 51.8 Å². The van der Waals surface area contributed by atoms with Crippen molar-refractivity contribution >= 4 is 6.08 Å². The number of phenolic OH excluding ortho intramolecular Hbond substituents is 2. The fourth-order valence-electron chi connectivity index (χ4n) is 3.28. The van der Waals surface area contributed by atoms with Gasteiger partial charge in [-0.25, -0.2) is 0 Å². The van der Waals surface area contributed by atoms with Crippen LogP contribution in [0, 0.1) is 13.8 Å². The zero-order valence-electron chi connectivity index (χ0n) is 11.8. The summed E-state index contributed by atoms with van der Waals surface area (Å²) < 4.78 is 0. The molecule has 2 nitrogen and oxygen atoms in total. The topological polar surface area (TPSA) is 40.5 Å². The maximum atomic E-state index is 10.4. The van der Waals surface area contributed by atoms with Crippen molar-refractivity contribution < 1.29 is 10.2 Å². The molecule has 0 spiro atoms. The predicted octanol–water partition coefficient (Wildman–Crippen LogP) is 4.12. The molecule has 0 saturated heterocycles. The number of hydrogen-bond acceptors (Lipinski definition) is 2. The highest BCUT2D eigenvalue weighted by Crippen LogP contribution is 2.44. The van der Waals surface area contributed by atoms with E-state index >= 15 is 0 Å². The molecule has 0 fully saturated rings. The van der Waals surface area contributed by atoms with Crippen molar-refractivity contribution in [3.05, 3.63) is 52.6 Å². The molecule has 0 saturated carbocycles. The molecule has 0 aromatic heterocycles. The molecule has 2 aromatic carbocycles. The van der Waals surface area contributed by atoms with Gasteiger partial charge >= 0.3 is 0 Å². The Morgan fingerprint density at radius 3 is 2.45 bits per heavy atom. The van der Waals surface area contributed by atoms with Gasteiger partial charge in [0.2, 0.25) is 0 Å². The van der Waals surface area contributed by atoms with Gasteiger partial charge in [0.05, 0.1) is 0 Å². The summed E-state index contributed by atoms with van der Waals surface area (Å²) >= 11 is 0. The Morgan fingerprint density at radius 2 is 1.75 bits per heavy atom. The third kappa shape index (κ3) is 1.64. The van der Waals surface area contributed by atoms with Crippen molar-refractivity contribution in [3.63, 3.8) is 0 Å². The second-order valence-electron chi connectivity index (χ2n) is 5.42. The molecule has 2 heteroatoms. The largest absolute Gasteiger partial charge is 0.508 e. The molecule has 0 atom stereocenters. The fourth-order valence-corrected chi connectivity index (χ4v) is 3.28. The second kappa shape index (κ2) is 4.41. The molecule has 2 aromatic rings. The minimum Gasteiger partial charge on any atom is -0.508 e. The summed E-state index contributed by atoms with van der Waals surface area (Å²) in [6.07, 6.45) is 3.61. The lowest BCUT2D eigenvalue weighted by atomic mass is 9.79. The molecular weight excluding hydrogens is 248 g/mol. The monoisotopic (exact) mass is 266 g/mol. The van der Waals surface area contributed by atoms with Crippen molar-refractivity contribution in [3.8, 4) is 22.6 Å². The third-order valence-corrected chi connectivity index (χ3v) is 4.33. The highest BCUT2D eigenvalue weighted by atomic mass is 16.3. The van der Waals surface area contributed by atoms with Gasteiger partial charge in [-0.1, -0.05) is 18.7 Å². The predicted molar refractivity (Wildman–Crippen MR) is 82.2 cm³/mol. The molecule has 1 aliphatic carbocycles. The van der Waals surface area contributed by atoms with Gasteiger partial charge in [-0.05, 0) is 72.2 Å². The highest BCUT2D eigenvalue weighted by molar-refractivity contribution is 5.84. The van der Waals surface area contributed by atoms with Gasteiger partial charge in [0.15, 0.2) is 0 Å². The molecule has 0 heterocycles. The Kier molecular flexibility index (Phi) is 2.82. The maximum absolute atomic E-state index is 10.4. The normalized spacial score (nSPS) is 12.7. The van der Waals surface area contributed by atoms with Gasteiger partial charge < -0.3 is 10.2 Å². The van der Waals surface area contributed by atoms with Crippen LogP contribution in [0.5, 0.6) is 11.5 Å². The van der Waals surface area contributed by atoms with Crippen molar-refractivity contribution in [2.24, 2.45) is 0 Å². The average molecular weight is 266 g/mol. The molecule has 0 bridgehead atoms. The van der Waals surface area contributed by atoms with E-state index in [-0.39, 0.29) is 0 Å². The lowest BCUT2D eigenvalue weighted by Gasteiger charge is -2.25. The van der Waals surface area contributed by atoms with Crippen LogP contribution in [0.3, 0.4) is 0 Å². The van der Waals surface area contributed by atoms with E-state index in [9.17, 15) is 10.2 Å². The highest BCUT2D eigenvalue weighted by Gasteiger charge is 2.24. The molecule has 3 rings (SSSR count). The number of fused-ring (bicyclic) bond motifs is 3. The van der Waals surface area contributed by atoms with Crippen LogP contribution in [0.25, 0.3) is 17.2 Å². The minimum absolute atomic E-state index is 0.314. The molecule has 2 N–H and O–H groups in total. The second-order valence-corrected chi connectivity index (χ2v) is 5.42. The molecule has 20 heavy (non-hydrogen) atoms. The standard InChI is InChI=1S/C18H18O2/c1-4-12-10(2)9-17(20)18-14(12)6-5-13-11(3)16(19)8-7-15(13)18/h4,7-9,19-20H,1,5-6H2,2-3H3. The smallest absolute Gasteiger partial charge is 0.123 e. The minimum atomic E-state index is 0.314. The molecule has 102 valence electrons. The summed E-state index contributed by atoms with van der Waals surface area (Å²) in [6.45, 7) is 7.82. The van der Waals surface area contributed by atoms with Crippen LogP contribution in [0.1, 0.15) is 27.8 Å². The number of phenols is 2. The molecule has 0 radical (unpaired) electrons. The van der Waals surface area contributed by atoms with Crippen LogP contribution >= 0.6 is 0 Å². The first-order chi connectivity index (χ1) is 9.54. The summed E-state index contributed by atoms with van der Waals surface area (Å²) in [6, 6.07) is 5.40. The number of benzene rings is 2. The first-order valence-corrected chi connectivity index (χ1v) is 6.84. The van der Waals surface area contributed by atoms with Crippen molar-refractivity contribution in [2.45, 2.75) is 26.7 Å². The zero-order chi connectivity index (χ0) is 14.4. The lowest BCUT2D eigenvalue weighted by Crippen LogP contribution is -2.08. The van der Waals surface area contributed by atoms with Gasteiger partial charge in [0.25, 0.3) is 0 Å². The van der Waals surface area contributed by atoms with Crippen molar-refractivity contribution in [1.82, 2.24) is 0 Å². The summed E-state index contributed by atoms with van der Waals surface area (Å²) in [5.41, 5.74) is 7.30. The van der Waals surface area contributed by atoms with E-state index in [1.54, 1.807) is 12.1 Å². The summed E-state index contributed by atoms with van der Waals surface area (Å²) in [5, 5.41) is 20.2. The number of aromatic hydroxyl groups is 2. The molecule has 0 unspecified atom stereocenters. The summed E-state index contributed by atoms with van der Waals surface area (Å²) in [7, 11) is 0. The summed E-state index contributed by atoms with van der Waals surface area (Å²) in [5.74, 6) is 0.636. The third-order valence-electron chi connectivity index (χ3n) is 4.33. The van der Waals surface area contributed by atoms with Crippen molar-refractivity contribution in [2.75, 3.05) is 0 Å². The number of rotatable bonds is 1. The van der Waals surface area contributed by atoms with Crippen LogP contribution in [0.2, 0.25) is 0 Å². The van der Waals surface area contributed by atoms with Crippen LogP contribution in [-0.4, -0.2) is 10.2 Å². The fraction of sp³-hybridized carbons (Fsp3) is 0.222.